The van der Waals surface area contributed by atoms with Gasteiger partial charge in [0.25, 0.3) is 0 Å². The van der Waals surface area contributed by atoms with Crippen LogP contribution in [0.4, 0.5) is 0 Å². The van der Waals surface area contributed by atoms with Crippen molar-refractivity contribution in [1.82, 2.24) is 5.23 Å². The molecule has 0 spiro atoms. The summed E-state index contributed by atoms with van der Waals surface area (Å²) in [7, 11) is 0. The summed E-state index contributed by atoms with van der Waals surface area (Å²) in [5.41, 5.74) is 0.460. The fourth-order valence-corrected chi connectivity index (χ4v) is 1.98. The highest BCUT2D eigenvalue weighted by Gasteiger charge is 2.47. The molecule has 1 aliphatic heterocycles. The fraction of sp³-hybridized carbons (Fsp3) is 0.500. The minimum atomic E-state index is 0.460. The number of hydrogen-bond donors (Lipinski definition) is 0. The Morgan fingerprint density at radius 1 is 1.27 bits per heavy atom. The van der Waals surface area contributed by atoms with Crippen molar-refractivity contribution in [2.45, 2.75) is 20.3 Å². The molecule has 1 aromatic carbocycles. The SMILES string of the molecule is CC1(C)CC1CN1Oc2ccccc2O1. The molecule has 3 heteroatoms. The molecule has 15 heavy (non-hydrogen) atoms. The first-order valence-electron chi connectivity index (χ1n) is 5.38. The van der Waals surface area contributed by atoms with Crippen molar-refractivity contribution in [3.63, 3.8) is 0 Å². The number of nitrogens with zero attached hydrogens (tertiary/aromatic N) is 1. The van der Waals surface area contributed by atoms with Crippen LogP contribution >= 0.6 is 0 Å². The van der Waals surface area contributed by atoms with Gasteiger partial charge in [-0.15, -0.1) is 0 Å². The molecule has 0 bridgehead atoms. The molecule has 0 amide bonds. The topological polar surface area (TPSA) is 21.7 Å². The van der Waals surface area contributed by atoms with Gasteiger partial charge in [-0.3, -0.25) is 0 Å². The van der Waals surface area contributed by atoms with Crippen molar-refractivity contribution in [2.24, 2.45) is 11.3 Å². The summed E-state index contributed by atoms with van der Waals surface area (Å²) >= 11 is 0. The molecule has 3 rings (SSSR count). The molecule has 0 saturated heterocycles. The largest absolute Gasteiger partial charge is 0.367 e. The van der Waals surface area contributed by atoms with Gasteiger partial charge in [-0.05, 0) is 29.9 Å². The minimum Gasteiger partial charge on any atom is -0.367 e. The van der Waals surface area contributed by atoms with E-state index < -0.39 is 0 Å². The maximum atomic E-state index is 5.56. The highest BCUT2D eigenvalue weighted by Crippen LogP contribution is 2.52. The van der Waals surface area contributed by atoms with Gasteiger partial charge in [-0.1, -0.05) is 26.0 Å². The second kappa shape index (κ2) is 2.89. The number of rotatable bonds is 2. The van der Waals surface area contributed by atoms with Crippen LogP contribution < -0.4 is 9.68 Å². The van der Waals surface area contributed by atoms with E-state index >= 15 is 0 Å². The van der Waals surface area contributed by atoms with E-state index in [4.69, 9.17) is 9.68 Å². The van der Waals surface area contributed by atoms with E-state index in [1.54, 1.807) is 5.23 Å². The lowest BCUT2D eigenvalue weighted by Gasteiger charge is -2.12. The van der Waals surface area contributed by atoms with E-state index in [1.165, 1.54) is 6.42 Å². The third-order valence-electron chi connectivity index (χ3n) is 3.34. The van der Waals surface area contributed by atoms with Crippen LogP contribution in [0, 0.1) is 11.3 Å². The first-order valence-corrected chi connectivity index (χ1v) is 5.38. The van der Waals surface area contributed by atoms with Crippen LogP contribution in [0.2, 0.25) is 0 Å². The van der Waals surface area contributed by atoms with Crippen molar-refractivity contribution in [3.05, 3.63) is 24.3 Å². The van der Waals surface area contributed by atoms with Crippen LogP contribution in [0.5, 0.6) is 11.5 Å². The van der Waals surface area contributed by atoms with Crippen molar-refractivity contribution in [1.29, 1.82) is 0 Å². The molecule has 1 saturated carbocycles. The number of fused-ring (bicyclic) bond motifs is 1. The molecule has 1 aromatic rings. The second-order valence-corrected chi connectivity index (χ2v) is 5.03. The van der Waals surface area contributed by atoms with E-state index in [2.05, 4.69) is 13.8 Å². The Kier molecular flexibility index (Phi) is 1.74. The average molecular weight is 205 g/mol. The van der Waals surface area contributed by atoms with Crippen LogP contribution in [0.25, 0.3) is 0 Å². The quantitative estimate of drug-likeness (QED) is 0.740. The number of para-hydroxylation sites is 2. The molecule has 0 aromatic heterocycles. The molecule has 0 N–H and O–H groups in total. The Labute approximate surface area is 89.5 Å². The van der Waals surface area contributed by atoms with Gasteiger partial charge in [0, 0.05) is 5.23 Å². The van der Waals surface area contributed by atoms with Crippen molar-refractivity contribution in [3.8, 4) is 11.5 Å². The lowest BCUT2D eigenvalue weighted by molar-refractivity contribution is -0.229. The summed E-state index contributed by atoms with van der Waals surface area (Å²) in [6.07, 6.45) is 1.26. The Bertz CT molecular complexity index is 364. The molecular weight excluding hydrogens is 190 g/mol. The van der Waals surface area contributed by atoms with Crippen molar-refractivity contribution < 1.29 is 9.68 Å². The maximum Gasteiger partial charge on any atom is 0.196 e. The van der Waals surface area contributed by atoms with Crippen molar-refractivity contribution in [2.75, 3.05) is 6.54 Å². The van der Waals surface area contributed by atoms with E-state index in [-0.39, 0.29) is 0 Å². The predicted octanol–water partition coefficient (Wildman–Crippen LogP) is 2.64. The van der Waals surface area contributed by atoms with E-state index in [9.17, 15) is 0 Å². The van der Waals surface area contributed by atoms with Gasteiger partial charge in [0.1, 0.15) is 0 Å². The van der Waals surface area contributed by atoms with Gasteiger partial charge in [0.05, 0.1) is 6.54 Å². The van der Waals surface area contributed by atoms with E-state index in [0.29, 0.717) is 11.3 Å². The molecule has 0 radical (unpaired) electrons. The Morgan fingerprint density at radius 3 is 2.27 bits per heavy atom. The normalized spacial score (nSPS) is 26.7. The third kappa shape index (κ3) is 1.57. The number of benzene rings is 1. The van der Waals surface area contributed by atoms with Crippen molar-refractivity contribution >= 4 is 0 Å². The summed E-state index contributed by atoms with van der Waals surface area (Å²) in [5, 5.41) is 1.60. The monoisotopic (exact) mass is 205 g/mol. The highest BCUT2D eigenvalue weighted by molar-refractivity contribution is 5.40. The highest BCUT2D eigenvalue weighted by atomic mass is 17.0. The van der Waals surface area contributed by atoms with Crippen LogP contribution in [0.15, 0.2) is 24.3 Å². The molecule has 1 aliphatic carbocycles. The first-order chi connectivity index (χ1) is 7.15. The Morgan fingerprint density at radius 2 is 1.80 bits per heavy atom. The smallest absolute Gasteiger partial charge is 0.196 e. The second-order valence-electron chi connectivity index (χ2n) is 5.03. The molecule has 1 heterocycles. The van der Waals surface area contributed by atoms with Crippen LogP contribution in [-0.2, 0) is 0 Å². The van der Waals surface area contributed by atoms with E-state index in [0.717, 1.165) is 18.0 Å². The van der Waals surface area contributed by atoms with E-state index in [1.807, 2.05) is 24.3 Å². The summed E-state index contributed by atoms with van der Waals surface area (Å²) < 4.78 is 0. The summed E-state index contributed by atoms with van der Waals surface area (Å²) in [6.45, 7) is 5.41. The zero-order valence-electron chi connectivity index (χ0n) is 9.06. The van der Waals surface area contributed by atoms with Crippen LogP contribution in [0.3, 0.4) is 0 Å². The lowest BCUT2D eigenvalue weighted by atomic mass is 10.1. The average Bonchev–Trinajstić information content (AvgIpc) is 2.61. The van der Waals surface area contributed by atoms with Gasteiger partial charge in [-0.2, -0.15) is 0 Å². The fourth-order valence-electron chi connectivity index (χ4n) is 1.98. The van der Waals surface area contributed by atoms with Gasteiger partial charge in [-0.25, -0.2) is 0 Å². The van der Waals surface area contributed by atoms with Gasteiger partial charge >= 0.3 is 0 Å². The molecule has 1 unspecified atom stereocenters. The lowest BCUT2D eigenvalue weighted by Crippen LogP contribution is -2.29. The predicted molar refractivity (Wildman–Crippen MR) is 56.3 cm³/mol. The summed E-state index contributed by atoms with van der Waals surface area (Å²) in [4.78, 5) is 11.1. The first kappa shape index (κ1) is 9.04. The van der Waals surface area contributed by atoms with Crippen LogP contribution in [-0.4, -0.2) is 11.8 Å². The molecular formula is C12H15NO2. The third-order valence-corrected chi connectivity index (χ3v) is 3.34. The zero-order valence-corrected chi connectivity index (χ0v) is 9.06. The standard InChI is InChI=1S/C12H15NO2/c1-12(2)7-9(12)8-13-14-10-5-3-4-6-11(10)15-13/h3-6,9H,7-8H2,1-2H3. The molecule has 1 fully saturated rings. The minimum absolute atomic E-state index is 0.460. The van der Waals surface area contributed by atoms with Gasteiger partial charge in [0.15, 0.2) is 11.5 Å². The van der Waals surface area contributed by atoms with Crippen LogP contribution in [0.1, 0.15) is 20.3 Å². The van der Waals surface area contributed by atoms with Gasteiger partial charge in [0.2, 0.25) is 0 Å². The summed E-state index contributed by atoms with van der Waals surface area (Å²) in [5.74, 6) is 2.32. The Balaban J connectivity index is 1.65. The number of hydroxylamine groups is 2. The molecule has 2 aliphatic rings. The zero-order chi connectivity index (χ0) is 10.5. The number of hydrogen-bond acceptors (Lipinski definition) is 3. The molecule has 80 valence electrons. The molecule has 3 nitrogen and oxygen atoms in total. The Hall–Kier alpha value is -1.22. The summed E-state index contributed by atoms with van der Waals surface area (Å²) in [6, 6.07) is 7.75. The maximum absolute atomic E-state index is 5.56. The molecule has 1 atom stereocenters. The van der Waals surface area contributed by atoms with Gasteiger partial charge < -0.3 is 9.68 Å².